The van der Waals surface area contributed by atoms with E-state index in [-0.39, 0.29) is 6.42 Å². The van der Waals surface area contributed by atoms with Crippen molar-refractivity contribution >= 4 is 23.5 Å². The van der Waals surface area contributed by atoms with Crippen molar-refractivity contribution in [3.8, 4) is 22.5 Å². The summed E-state index contributed by atoms with van der Waals surface area (Å²) in [7, 11) is 3.23. The van der Waals surface area contributed by atoms with Gasteiger partial charge in [0.05, 0.1) is 12.1 Å². The monoisotopic (exact) mass is 593 g/mol. The van der Waals surface area contributed by atoms with Crippen LogP contribution in [0.4, 0.5) is 0 Å². The molecule has 4 rings (SSSR count). The zero-order valence-corrected chi connectivity index (χ0v) is 25.0. The molecular formula is C30H36ClN7O4. The summed E-state index contributed by atoms with van der Waals surface area (Å²) in [6.45, 7) is 4.45. The number of nitrogens with one attached hydrogen (secondary N) is 1. The van der Waals surface area contributed by atoms with E-state index in [4.69, 9.17) is 16.3 Å². The molecule has 1 unspecified atom stereocenters. The number of ether oxygens (including phenoxy) is 1. The van der Waals surface area contributed by atoms with E-state index in [9.17, 15) is 14.7 Å². The molecule has 2 heterocycles. The number of carbonyl (C=O) groups excluding carboxylic acids is 1. The van der Waals surface area contributed by atoms with E-state index in [1.165, 1.54) is 4.90 Å². The summed E-state index contributed by atoms with van der Waals surface area (Å²) in [4.78, 5) is 30.2. The van der Waals surface area contributed by atoms with E-state index in [0.29, 0.717) is 23.9 Å². The van der Waals surface area contributed by atoms with Gasteiger partial charge in [-0.25, -0.2) is 4.98 Å². The number of unbranched alkanes of at least 4 members (excludes halogenated alkanes) is 1. The van der Waals surface area contributed by atoms with Crippen LogP contribution in [-0.4, -0.2) is 78.4 Å². The van der Waals surface area contributed by atoms with Crippen molar-refractivity contribution in [3.05, 3.63) is 70.8 Å². The normalized spacial score (nSPS) is 12.8. The largest absolute Gasteiger partial charge is 0.480 e. The first-order valence-electron chi connectivity index (χ1n) is 13.9. The number of esters is 1. The molecule has 2 aromatic heterocycles. The molecule has 0 fully saturated rings. The van der Waals surface area contributed by atoms with Gasteiger partial charge in [0.2, 0.25) is 5.82 Å². The number of aliphatic carboxylic acids is 1. The van der Waals surface area contributed by atoms with Gasteiger partial charge in [0.15, 0.2) is 5.15 Å². The highest BCUT2D eigenvalue weighted by atomic mass is 35.5. The van der Waals surface area contributed by atoms with Gasteiger partial charge in [-0.1, -0.05) is 73.5 Å². The van der Waals surface area contributed by atoms with Crippen LogP contribution in [0.15, 0.2) is 48.5 Å². The van der Waals surface area contributed by atoms with E-state index in [0.717, 1.165) is 53.0 Å². The second kappa shape index (κ2) is 14.2. The Labute approximate surface area is 249 Å². The summed E-state index contributed by atoms with van der Waals surface area (Å²) >= 11 is 6.64. The molecule has 0 radical (unpaired) electrons. The first-order chi connectivity index (χ1) is 20.2. The number of rotatable bonds is 14. The maximum Gasteiger partial charge on any atom is 0.321 e. The maximum absolute atomic E-state index is 12.5. The van der Waals surface area contributed by atoms with Gasteiger partial charge < -0.3 is 14.4 Å². The molecule has 0 aliphatic carbocycles. The van der Waals surface area contributed by atoms with Crippen molar-refractivity contribution in [2.75, 3.05) is 14.1 Å². The molecule has 11 nitrogen and oxygen atoms in total. The summed E-state index contributed by atoms with van der Waals surface area (Å²) < 4.78 is 7.70. The van der Waals surface area contributed by atoms with Gasteiger partial charge in [0.25, 0.3) is 0 Å². The minimum absolute atomic E-state index is 0.246. The van der Waals surface area contributed by atoms with E-state index in [2.05, 4.69) is 61.4 Å². The number of hydrogen-bond donors (Lipinski definition) is 2. The van der Waals surface area contributed by atoms with Crippen molar-refractivity contribution in [3.63, 3.8) is 0 Å². The fourth-order valence-corrected chi connectivity index (χ4v) is 5.10. The predicted octanol–water partition coefficient (Wildman–Crippen LogP) is 4.65. The Morgan fingerprint density at radius 3 is 2.45 bits per heavy atom. The van der Waals surface area contributed by atoms with Crippen LogP contribution in [-0.2, 0) is 33.7 Å². The number of hydrogen-bond acceptors (Lipinski definition) is 8. The predicted molar refractivity (Wildman–Crippen MR) is 159 cm³/mol. The quantitative estimate of drug-likeness (QED) is 0.200. The van der Waals surface area contributed by atoms with Crippen molar-refractivity contribution in [1.82, 2.24) is 35.1 Å². The number of imidazole rings is 1. The Kier molecular flexibility index (Phi) is 10.4. The lowest BCUT2D eigenvalue weighted by Gasteiger charge is -2.21. The van der Waals surface area contributed by atoms with Crippen LogP contribution in [0.1, 0.15) is 50.2 Å². The van der Waals surface area contributed by atoms with E-state index < -0.39 is 24.1 Å². The molecule has 2 N–H and O–H groups in total. The lowest BCUT2D eigenvalue weighted by Crippen LogP contribution is -2.38. The molecule has 0 saturated heterocycles. The summed E-state index contributed by atoms with van der Waals surface area (Å²) in [5.41, 5.74) is 4.73. The van der Waals surface area contributed by atoms with Gasteiger partial charge in [-0.2, -0.15) is 5.21 Å². The number of aromatic amines is 1. The molecule has 12 heteroatoms. The fourth-order valence-electron chi connectivity index (χ4n) is 4.83. The van der Waals surface area contributed by atoms with Crippen LogP contribution >= 0.6 is 11.6 Å². The number of aryl methyl sites for hydroxylation is 1. The summed E-state index contributed by atoms with van der Waals surface area (Å²) in [6, 6.07) is 15.2. The Balaban J connectivity index is 1.54. The van der Waals surface area contributed by atoms with Gasteiger partial charge in [0, 0.05) is 24.9 Å². The minimum Gasteiger partial charge on any atom is -0.480 e. The number of carboxylic acid groups (broad SMARTS) is 1. The third-order valence-electron chi connectivity index (χ3n) is 7.06. The van der Waals surface area contributed by atoms with Crippen LogP contribution in [0.2, 0.25) is 5.15 Å². The Morgan fingerprint density at radius 1 is 1.12 bits per heavy atom. The van der Waals surface area contributed by atoms with Gasteiger partial charge in [0.1, 0.15) is 18.0 Å². The lowest BCUT2D eigenvalue weighted by atomic mass is 9.98. The molecule has 0 bridgehead atoms. The summed E-state index contributed by atoms with van der Waals surface area (Å²) in [5.74, 6) is -0.243. The molecule has 0 saturated carbocycles. The van der Waals surface area contributed by atoms with Gasteiger partial charge >= 0.3 is 11.9 Å². The molecule has 0 aliphatic rings. The SMILES string of the molecule is CCCCc1nc(Cl)c(C[C@H](C)OC(=O)CC(C(=O)O)N(C)C)n1Cc1ccc(-c2ccccc2-c2nn[nH]n2)cc1. The third kappa shape index (κ3) is 7.59. The highest BCUT2D eigenvalue weighted by Crippen LogP contribution is 2.30. The summed E-state index contributed by atoms with van der Waals surface area (Å²) in [5, 5.41) is 24.2. The van der Waals surface area contributed by atoms with Gasteiger partial charge in [-0.05, 0) is 49.3 Å². The molecule has 2 aromatic carbocycles. The number of aromatic nitrogens is 6. The number of nitrogens with zero attached hydrogens (tertiary/aromatic N) is 6. The molecule has 42 heavy (non-hydrogen) atoms. The molecular weight excluding hydrogens is 558 g/mol. The zero-order chi connectivity index (χ0) is 30.2. The molecule has 2 atom stereocenters. The maximum atomic E-state index is 12.5. The molecule has 0 spiro atoms. The van der Waals surface area contributed by atoms with Crippen molar-refractivity contribution in [2.24, 2.45) is 0 Å². The topological polar surface area (TPSA) is 139 Å². The second-order valence-corrected chi connectivity index (χ2v) is 10.8. The average Bonchev–Trinajstić information content (AvgIpc) is 3.60. The van der Waals surface area contributed by atoms with Crippen LogP contribution in [0.3, 0.4) is 0 Å². The second-order valence-electron chi connectivity index (χ2n) is 10.5. The van der Waals surface area contributed by atoms with Crippen LogP contribution in [0.25, 0.3) is 22.5 Å². The van der Waals surface area contributed by atoms with Gasteiger partial charge in [-0.15, -0.1) is 10.2 Å². The van der Waals surface area contributed by atoms with E-state index in [1.54, 1.807) is 21.0 Å². The highest BCUT2D eigenvalue weighted by molar-refractivity contribution is 6.30. The average molecular weight is 594 g/mol. The van der Waals surface area contributed by atoms with Crippen LogP contribution in [0, 0.1) is 0 Å². The fraction of sp³-hybridized carbons (Fsp3) is 0.400. The molecule has 222 valence electrons. The lowest BCUT2D eigenvalue weighted by molar-refractivity contribution is -0.155. The number of H-pyrrole nitrogens is 1. The molecule has 0 amide bonds. The van der Waals surface area contributed by atoms with E-state index >= 15 is 0 Å². The molecule has 0 aliphatic heterocycles. The smallest absolute Gasteiger partial charge is 0.321 e. The Hall–Kier alpha value is -4.09. The first-order valence-corrected chi connectivity index (χ1v) is 14.3. The number of tetrazole rings is 1. The summed E-state index contributed by atoms with van der Waals surface area (Å²) in [6.07, 6.45) is 2.32. The standard InChI is InChI=1S/C30H36ClN7O4/c1-5-6-11-26-32-28(31)24(16-19(2)42-27(39)17-25(30(40)41)37(3)4)38(26)18-20-12-14-21(15-13-20)22-9-7-8-10-23(22)29-33-35-36-34-29/h7-10,12-15,19,25H,5-6,11,16-18H2,1-4H3,(H,40,41)(H,33,34,35,36)/t19-,25?/m0/s1. The molecule has 4 aromatic rings. The number of benzene rings is 2. The van der Waals surface area contributed by atoms with Gasteiger partial charge in [-0.3, -0.25) is 14.5 Å². The van der Waals surface area contributed by atoms with Crippen molar-refractivity contribution in [2.45, 2.75) is 64.6 Å². The Morgan fingerprint density at radius 2 is 1.83 bits per heavy atom. The highest BCUT2D eigenvalue weighted by Gasteiger charge is 2.26. The third-order valence-corrected chi connectivity index (χ3v) is 7.36. The number of carboxylic acids is 1. The zero-order valence-electron chi connectivity index (χ0n) is 24.2. The minimum atomic E-state index is -1.07. The Bertz CT molecular complexity index is 1490. The number of carbonyl (C=O) groups is 2. The number of likely N-dealkylation sites (N-methyl/N-ethyl adjacent to an activating group) is 1. The van der Waals surface area contributed by atoms with Crippen LogP contribution in [0.5, 0.6) is 0 Å². The van der Waals surface area contributed by atoms with E-state index in [1.807, 2.05) is 24.3 Å². The van der Waals surface area contributed by atoms with Crippen molar-refractivity contribution in [1.29, 1.82) is 0 Å². The van der Waals surface area contributed by atoms with Crippen molar-refractivity contribution < 1.29 is 19.4 Å². The van der Waals surface area contributed by atoms with Crippen LogP contribution < -0.4 is 0 Å². The number of halogens is 1. The first kappa shape index (κ1) is 30.9.